The standard InChI is InChI=1S/C18H29N/c1-14(2)8-13-18(19)17-11-9-16(10-12-17)15-6-4-3-5-7-15/h9-12,14-15,18H,3-8,13,19H2,1-2H3. The van der Waals surface area contributed by atoms with Crippen molar-refractivity contribution in [2.45, 2.75) is 70.8 Å². The number of hydrogen-bond donors (Lipinski definition) is 1. The predicted octanol–water partition coefficient (Wildman–Crippen LogP) is 5.17. The van der Waals surface area contributed by atoms with Gasteiger partial charge in [0.15, 0.2) is 0 Å². The summed E-state index contributed by atoms with van der Waals surface area (Å²) in [5.41, 5.74) is 9.10. The Bertz CT molecular complexity index is 360. The molecule has 1 saturated carbocycles. The van der Waals surface area contributed by atoms with Gasteiger partial charge in [-0.05, 0) is 48.6 Å². The molecule has 0 radical (unpaired) electrons. The molecule has 1 fully saturated rings. The molecule has 2 N–H and O–H groups in total. The van der Waals surface area contributed by atoms with E-state index in [-0.39, 0.29) is 6.04 Å². The van der Waals surface area contributed by atoms with E-state index in [0.29, 0.717) is 0 Å². The van der Waals surface area contributed by atoms with Crippen LogP contribution in [-0.4, -0.2) is 0 Å². The van der Waals surface area contributed by atoms with Gasteiger partial charge in [0, 0.05) is 6.04 Å². The molecule has 19 heavy (non-hydrogen) atoms. The van der Waals surface area contributed by atoms with Gasteiger partial charge in [-0.1, -0.05) is 57.4 Å². The summed E-state index contributed by atoms with van der Waals surface area (Å²) in [5, 5.41) is 0. The fourth-order valence-corrected chi connectivity index (χ4v) is 3.13. The molecule has 0 heterocycles. The van der Waals surface area contributed by atoms with Crippen molar-refractivity contribution in [2.75, 3.05) is 0 Å². The van der Waals surface area contributed by atoms with E-state index in [1.165, 1.54) is 49.7 Å². The molecule has 1 aromatic rings. The Morgan fingerprint density at radius 3 is 2.21 bits per heavy atom. The van der Waals surface area contributed by atoms with Crippen LogP contribution in [-0.2, 0) is 0 Å². The maximum atomic E-state index is 6.27. The van der Waals surface area contributed by atoms with Crippen LogP contribution in [0.25, 0.3) is 0 Å². The Morgan fingerprint density at radius 2 is 1.63 bits per heavy atom. The van der Waals surface area contributed by atoms with Crippen LogP contribution in [0.1, 0.15) is 81.9 Å². The predicted molar refractivity (Wildman–Crippen MR) is 83.3 cm³/mol. The maximum Gasteiger partial charge on any atom is 0.0294 e. The normalized spacial score (nSPS) is 18.7. The topological polar surface area (TPSA) is 26.0 Å². The Balaban J connectivity index is 1.93. The Kier molecular flexibility index (Phi) is 5.45. The van der Waals surface area contributed by atoms with E-state index in [2.05, 4.69) is 38.1 Å². The fraction of sp³-hybridized carbons (Fsp3) is 0.667. The summed E-state index contributed by atoms with van der Waals surface area (Å²) in [5.74, 6) is 1.54. The third-order valence-electron chi connectivity index (χ3n) is 4.50. The molecule has 0 saturated heterocycles. The van der Waals surface area contributed by atoms with Crippen molar-refractivity contribution < 1.29 is 0 Å². The first-order valence-corrected chi connectivity index (χ1v) is 8.02. The van der Waals surface area contributed by atoms with Crippen LogP contribution in [0, 0.1) is 5.92 Å². The Morgan fingerprint density at radius 1 is 1.00 bits per heavy atom. The molecule has 1 unspecified atom stereocenters. The van der Waals surface area contributed by atoms with E-state index in [4.69, 9.17) is 5.73 Å². The van der Waals surface area contributed by atoms with Crippen LogP contribution in [0.2, 0.25) is 0 Å². The van der Waals surface area contributed by atoms with Gasteiger partial charge in [0.05, 0.1) is 0 Å². The second kappa shape index (κ2) is 7.09. The van der Waals surface area contributed by atoms with Gasteiger partial charge in [0.1, 0.15) is 0 Å². The smallest absolute Gasteiger partial charge is 0.0294 e. The van der Waals surface area contributed by atoms with Crippen LogP contribution in [0.5, 0.6) is 0 Å². The zero-order valence-corrected chi connectivity index (χ0v) is 12.6. The van der Waals surface area contributed by atoms with E-state index >= 15 is 0 Å². The quantitative estimate of drug-likeness (QED) is 0.775. The van der Waals surface area contributed by atoms with E-state index < -0.39 is 0 Å². The molecule has 1 heteroatoms. The molecule has 1 nitrogen and oxygen atoms in total. The second-order valence-corrected chi connectivity index (χ2v) is 6.58. The summed E-state index contributed by atoms with van der Waals surface area (Å²) in [7, 11) is 0. The summed E-state index contributed by atoms with van der Waals surface area (Å²) >= 11 is 0. The highest BCUT2D eigenvalue weighted by Gasteiger charge is 2.15. The summed E-state index contributed by atoms with van der Waals surface area (Å²) < 4.78 is 0. The summed E-state index contributed by atoms with van der Waals surface area (Å²) in [4.78, 5) is 0. The zero-order chi connectivity index (χ0) is 13.7. The lowest BCUT2D eigenvalue weighted by Crippen LogP contribution is -2.11. The largest absolute Gasteiger partial charge is 0.324 e. The lowest BCUT2D eigenvalue weighted by molar-refractivity contribution is 0.443. The molecule has 0 bridgehead atoms. The molecule has 0 spiro atoms. The van der Waals surface area contributed by atoms with E-state index in [1.807, 2.05) is 0 Å². The molecule has 1 aliphatic carbocycles. The fourth-order valence-electron chi connectivity index (χ4n) is 3.13. The monoisotopic (exact) mass is 259 g/mol. The van der Waals surface area contributed by atoms with Crippen LogP contribution in [0.4, 0.5) is 0 Å². The first kappa shape index (κ1) is 14.6. The van der Waals surface area contributed by atoms with E-state index in [9.17, 15) is 0 Å². The SMILES string of the molecule is CC(C)CCC(N)c1ccc(C2CCCCC2)cc1. The molecule has 1 atom stereocenters. The highest BCUT2D eigenvalue weighted by molar-refractivity contribution is 5.27. The average Bonchev–Trinajstić information content (AvgIpc) is 2.46. The summed E-state index contributed by atoms with van der Waals surface area (Å²) in [6.45, 7) is 4.53. The molecule has 0 amide bonds. The number of rotatable bonds is 5. The lowest BCUT2D eigenvalue weighted by Gasteiger charge is -2.22. The van der Waals surface area contributed by atoms with Crippen molar-refractivity contribution >= 4 is 0 Å². The number of hydrogen-bond acceptors (Lipinski definition) is 1. The molecule has 1 aromatic carbocycles. The highest BCUT2D eigenvalue weighted by atomic mass is 14.6. The third kappa shape index (κ3) is 4.35. The molecule has 2 rings (SSSR count). The Hall–Kier alpha value is -0.820. The molecule has 0 aromatic heterocycles. The van der Waals surface area contributed by atoms with Crippen molar-refractivity contribution in [3.05, 3.63) is 35.4 Å². The molecular formula is C18H29N. The number of benzene rings is 1. The minimum atomic E-state index is 0.211. The van der Waals surface area contributed by atoms with Crippen molar-refractivity contribution in [1.29, 1.82) is 0 Å². The van der Waals surface area contributed by atoms with Gasteiger partial charge in [-0.2, -0.15) is 0 Å². The first-order chi connectivity index (χ1) is 9.16. The first-order valence-electron chi connectivity index (χ1n) is 8.02. The minimum absolute atomic E-state index is 0.211. The van der Waals surface area contributed by atoms with Crippen molar-refractivity contribution in [1.82, 2.24) is 0 Å². The molecular weight excluding hydrogens is 230 g/mol. The minimum Gasteiger partial charge on any atom is -0.324 e. The van der Waals surface area contributed by atoms with Crippen LogP contribution in [0.15, 0.2) is 24.3 Å². The van der Waals surface area contributed by atoms with Gasteiger partial charge in [-0.15, -0.1) is 0 Å². The summed E-state index contributed by atoms with van der Waals surface area (Å²) in [6.07, 6.45) is 9.29. The van der Waals surface area contributed by atoms with Crippen molar-refractivity contribution in [3.63, 3.8) is 0 Å². The molecule has 1 aliphatic rings. The maximum absolute atomic E-state index is 6.27. The van der Waals surface area contributed by atoms with Crippen molar-refractivity contribution in [3.8, 4) is 0 Å². The van der Waals surface area contributed by atoms with E-state index in [0.717, 1.165) is 18.3 Å². The van der Waals surface area contributed by atoms with Gasteiger partial charge in [-0.3, -0.25) is 0 Å². The lowest BCUT2D eigenvalue weighted by atomic mass is 9.83. The van der Waals surface area contributed by atoms with Crippen LogP contribution < -0.4 is 5.73 Å². The van der Waals surface area contributed by atoms with Gasteiger partial charge in [0.25, 0.3) is 0 Å². The van der Waals surface area contributed by atoms with Crippen molar-refractivity contribution in [2.24, 2.45) is 11.7 Å². The van der Waals surface area contributed by atoms with Gasteiger partial charge in [-0.25, -0.2) is 0 Å². The number of nitrogens with two attached hydrogens (primary N) is 1. The van der Waals surface area contributed by atoms with Crippen LogP contribution >= 0.6 is 0 Å². The summed E-state index contributed by atoms with van der Waals surface area (Å²) in [6, 6.07) is 9.37. The second-order valence-electron chi connectivity index (χ2n) is 6.58. The third-order valence-corrected chi connectivity index (χ3v) is 4.50. The van der Waals surface area contributed by atoms with Gasteiger partial charge in [0.2, 0.25) is 0 Å². The molecule has 106 valence electrons. The van der Waals surface area contributed by atoms with Gasteiger partial charge >= 0.3 is 0 Å². The molecule has 0 aliphatic heterocycles. The zero-order valence-electron chi connectivity index (χ0n) is 12.6. The van der Waals surface area contributed by atoms with Crippen LogP contribution in [0.3, 0.4) is 0 Å². The highest BCUT2D eigenvalue weighted by Crippen LogP contribution is 2.33. The Labute approximate surface area is 118 Å². The van der Waals surface area contributed by atoms with Gasteiger partial charge < -0.3 is 5.73 Å². The van der Waals surface area contributed by atoms with E-state index in [1.54, 1.807) is 0 Å². The average molecular weight is 259 g/mol.